The average Bonchev–Trinajstić information content (AvgIpc) is 2.62. The Morgan fingerprint density at radius 2 is 1.93 bits per heavy atom. The third-order valence-electron chi connectivity index (χ3n) is 5.52. The molecule has 8 heteroatoms. The first kappa shape index (κ1) is 25.2. The van der Waals surface area contributed by atoms with Crippen molar-refractivity contribution in [2.75, 3.05) is 13.2 Å². The molecule has 0 aliphatic rings. The van der Waals surface area contributed by atoms with Crippen LogP contribution in [0.4, 0.5) is 0 Å². The van der Waals surface area contributed by atoms with Crippen LogP contribution >= 0.6 is 12.2 Å². The van der Waals surface area contributed by atoms with Crippen LogP contribution in [0.25, 0.3) is 0 Å². The molecule has 0 fully saturated rings. The van der Waals surface area contributed by atoms with E-state index < -0.39 is 8.32 Å². The summed E-state index contributed by atoms with van der Waals surface area (Å²) in [6.45, 7) is 16.6. The Hall–Kier alpha value is -1.02. The molecule has 0 saturated heterocycles. The molecule has 2 rings (SSSR count). The van der Waals surface area contributed by atoms with Crippen molar-refractivity contribution in [1.29, 1.82) is 0 Å². The zero-order chi connectivity index (χ0) is 22.5. The van der Waals surface area contributed by atoms with Crippen LogP contribution in [0, 0.1) is 11.7 Å². The SMILES string of the molecule is CCc1c([Se]c2cccc(C)c2)n(COCCO[Si](C)(C)C(C)(C)C)c(=S)[nH]c1=O. The summed E-state index contributed by atoms with van der Waals surface area (Å²) in [5.74, 6) is 0. The van der Waals surface area contributed by atoms with Crippen molar-refractivity contribution in [3.8, 4) is 0 Å². The number of aryl methyl sites for hydroxylation is 1. The molecule has 1 aromatic carbocycles. The van der Waals surface area contributed by atoms with Crippen molar-refractivity contribution in [2.45, 2.75) is 65.9 Å². The van der Waals surface area contributed by atoms with E-state index in [2.05, 4.69) is 70.0 Å². The fraction of sp³-hybridized carbons (Fsp3) is 0.545. The molecule has 0 aliphatic carbocycles. The number of aromatic amines is 1. The van der Waals surface area contributed by atoms with Crippen LogP contribution in [0.3, 0.4) is 0 Å². The molecule has 5 nitrogen and oxygen atoms in total. The summed E-state index contributed by atoms with van der Waals surface area (Å²) < 4.78 is 16.7. The summed E-state index contributed by atoms with van der Waals surface area (Å²) in [6.07, 6.45) is 0.655. The van der Waals surface area contributed by atoms with Gasteiger partial charge in [-0.15, -0.1) is 0 Å². The Morgan fingerprint density at radius 3 is 2.53 bits per heavy atom. The topological polar surface area (TPSA) is 56.2 Å². The van der Waals surface area contributed by atoms with Gasteiger partial charge in [-0.05, 0) is 0 Å². The van der Waals surface area contributed by atoms with E-state index >= 15 is 0 Å². The van der Waals surface area contributed by atoms with E-state index in [4.69, 9.17) is 21.4 Å². The van der Waals surface area contributed by atoms with Crippen molar-refractivity contribution < 1.29 is 9.16 Å². The van der Waals surface area contributed by atoms with Gasteiger partial charge in [0, 0.05) is 0 Å². The standard InChI is InChI=1S/C22H34N2O3SSeSi/c1-8-18-19(25)23-21(28)24(20(18)29-17-11-9-10-16(2)14-17)15-26-12-13-27-30(6,7)22(3,4)5/h9-11,14H,8,12-13,15H2,1-7H3,(H,23,25,28). The van der Waals surface area contributed by atoms with E-state index in [1.165, 1.54) is 10.0 Å². The molecule has 0 amide bonds. The number of aromatic nitrogens is 2. The normalized spacial score (nSPS) is 12.4. The van der Waals surface area contributed by atoms with Crippen LogP contribution < -0.4 is 14.6 Å². The third-order valence-corrected chi connectivity index (χ3v) is 12.8. The number of hydrogen-bond acceptors (Lipinski definition) is 4. The second kappa shape index (κ2) is 10.5. The second-order valence-corrected chi connectivity index (χ2v) is 16.3. The molecular formula is C22H34N2O3SSeSi. The number of hydrogen-bond donors (Lipinski definition) is 1. The predicted molar refractivity (Wildman–Crippen MR) is 131 cm³/mol. The Balaban J connectivity index is 2.17. The molecule has 0 aliphatic heterocycles. The molecule has 0 saturated carbocycles. The second-order valence-electron chi connectivity index (χ2n) is 8.89. The zero-order valence-corrected chi connectivity index (χ0v) is 22.7. The molecule has 166 valence electrons. The Morgan fingerprint density at radius 1 is 1.23 bits per heavy atom. The molecule has 0 atom stereocenters. The van der Waals surface area contributed by atoms with Gasteiger partial charge in [-0.25, -0.2) is 0 Å². The molecule has 2 aromatic rings. The van der Waals surface area contributed by atoms with Gasteiger partial charge in [-0.1, -0.05) is 0 Å². The summed E-state index contributed by atoms with van der Waals surface area (Å²) >= 11 is 5.43. The van der Waals surface area contributed by atoms with Gasteiger partial charge >= 0.3 is 193 Å². The van der Waals surface area contributed by atoms with Gasteiger partial charge in [0.05, 0.1) is 0 Å². The van der Waals surface area contributed by atoms with Crippen LogP contribution in [0.1, 0.15) is 38.8 Å². The monoisotopic (exact) mass is 514 g/mol. The summed E-state index contributed by atoms with van der Waals surface area (Å²) in [7, 11) is -1.79. The molecule has 1 N–H and O–H groups in total. The van der Waals surface area contributed by atoms with Gasteiger partial charge < -0.3 is 0 Å². The van der Waals surface area contributed by atoms with E-state index in [9.17, 15) is 4.79 Å². The third kappa shape index (κ3) is 6.49. The number of rotatable bonds is 9. The molecule has 1 aromatic heterocycles. The summed E-state index contributed by atoms with van der Waals surface area (Å²) in [4.78, 5) is 15.3. The first-order valence-corrected chi connectivity index (χ1v) is 15.3. The van der Waals surface area contributed by atoms with Gasteiger partial charge in [-0.3, -0.25) is 0 Å². The Bertz CT molecular complexity index is 980. The molecule has 0 bridgehead atoms. The summed E-state index contributed by atoms with van der Waals surface area (Å²) in [5, 5.41) is 0.175. The summed E-state index contributed by atoms with van der Waals surface area (Å²) in [5.41, 5.74) is 1.90. The number of ether oxygens (including phenoxy) is 1. The van der Waals surface area contributed by atoms with Crippen molar-refractivity contribution in [3.05, 3.63) is 50.5 Å². The molecule has 1 heterocycles. The van der Waals surface area contributed by atoms with Crippen molar-refractivity contribution >= 4 is 44.5 Å². The molecule has 0 radical (unpaired) electrons. The minimum absolute atomic E-state index is 0.0415. The van der Waals surface area contributed by atoms with Crippen LogP contribution in [0.15, 0.2) is 29.1 Å². The Labute approximate surface area is 192 Å². The van der Waals surface area contributed by atoms with Gasteiger partial charge in [0.15, 0.2) is 0 Å². The zero-order valence-electron chi connectivity index (χ0n) is 19.1. The van der Waals surface area contributed by atoms with Crippen molar-refractivity contribution in [2.24, 2.45) is 0 Å². The van der Waals surface area contributed by atoms with E-state index in [1.807, 2.05) is 11.5 Å². The first-order chi connectivity index (χ1) is 14.0. The van der Waals surface area contributed by atoms with Crippen molar-refractivity contribution in [3.63, 3.8) is 0 Å². The fourth-order valence-electron chi connectivity index (χ4n) is 2.66. The fourth-order valence-corrected chi connectivity index (χ4v) is 6.63. The van der Waals surface area contributed by atoms with E-state index in [1.54, 1.807) is 0 Å². The molecular weight excluding hydrogens is 479 g/mol. The first-order valence-electron chi connectivity index (χ1n) is 10.3. The predicted octanol–water partition coefficient (Wildman–Crippen LogP) is 3.43. The minimum atomic E-state index is -1.79. The van der Waals surface area contributed by atoms with Gasteiger partial charge in [-0.2, -0.15) is 0 Å². The quantitative estimate of drug-likeness (QED) is 0.317. The number of benzene rings is 1. The van der Waals surface area contributed by atoms with Crippen LogP contribution in [0.5, 0.6) is 0 Å². The Kier molecular flexibility index (Phi) is 8.86. The number of nitrogens with one attached hydrogen (secondary N) is 1. The average molecular weight is 514 g/mol. The molecule has 30 heavy (non-hydrogen) atoms. The van der Waals surface area contributed by atoms with Crippen LogP contribution in [-0.2, 0) is 22.3 Å². The van der Waals surface area contributed by atoms with Crippen LogP contribution in [-0.4, -0.2) is 46.0 Å². The summed E-state index contributed by atoms with van der Waals surface area (Å²) in [6, 6.07) is 8.41. The van der Waals surface area contributed by atoms with Gasteiger partial charge in [0.25, 0.3) is 0 Å². The molecule has 0 spiro atoms. The maximum absolute atomic E-state index is 12.5. The van der Waals surface area contributed by atoms with Crippen molar-refractivity contribution in [1.82, 2.24) is 9.55 Å². The van der Waals surface area contributed by atoms with E-state index in [0.29, 0.717) is 31.1 Å². The number of H-pyrrole nitrogens is 1. The van der Waals surface area contributed by atoms with Gasteiger partial charge in [0.2, 0.25) is 0 Å². The molecule has 0 unspecified atom stereocenters. The number of nitrogens with zero attached hydrogens (tertiary/aromatic N) is 1. The van der Waals surface area contributed by atoms with E-state index in [0.717, 1.165) is 10.2 Å². The van der Waals surface area contributed by atoms with E-state index in [-0.39, 0.29) is 25.6 Å². The van der Waals surface area contributed by atoms with Gasteiger partial charge in [0.1, 0.15) is 0 Å². The van der Waals surface area contributed by atoms with Crippen LogP contribution in [0.2, 0.25) is 18.1 Å². The maximum atomic E-state index is 12.5.